The molecule has 0 spiro atoms. The number of hydrogen-bond acceptors (Lipinski definition) is 4. The van der Waals surface area contributed by atoms with E-state index in [1.54, 1.807) is 7.11 Å². The summed E-state index contributed by atoms with van der Waals surface area (Å²) in [5.41, 5.74) is 0.704. The Morgan fingerprint density at radius 2 is 2.08 bits per heavy atom. The number of methoxy groups -OCH3 is 1. The number of ether oxygens (including phenoxy) is 1. The van der Waals surface area contributed by atoms with Crippen molar-refractivity contribution in [1.82, 2.24) is 15.5 Å². The van der Waals surface area contributed by atoms with Crippen molar-refractivity contribution in [3.05, 3.63) is 35.9 Å². The zero-order valence-electron chi connectivity index (χ0n) is 15.5. The Labute approximate surface area is 151 Å². The standard InChI is InChI=1S/C20H31N3O2/c1-16(22-19(24)20(25-2)9-11-21-12-10-20)18-8-13-23(15-18)14-17-6-4-3-5-7-17/h3-7,16,18,21H,8-15H2,1-2H3,(H,22,24). The van der Waals surface area contributed by atoms with E-state index in [0.717, 1.165) is 52.0 Å². The predicted octanol–water partition coefficient (Wildman–Crippen LogP) is 1.78. The van der Waals surface area contributed by atoms with Gasteiger partial charge in [-0.15, -0.1) is 0 Å². The van der Waals surface area contributed by atoms with Crippen LogP contribution in [-0.2, 0) is 16.1 Å². The SMILES string of the molecule is COC1(C(=O)NC(C)C2CCN(Cc3ccccc3)C2)CCNCC1. The molecule has 2 atom stereocenters. The Morgan fingerprint density at radius 3 is 2.76 bits per heavy atom. The lowest BCUT2D eigenvalue weighted by molar-refractivity contribution is -0.147. The summed E-state index contributed by atoms with van der Waals surface area (Å²) in [4.78, 5) is 15.3. The van der Waals surface area contributed by atoms with Gasteiger partial charge in [-0.05, 0) is 57.3 Å². The molecule has 2 aliphatic rings. The van der Waals surface area contributed by atoms with Gasteiger partial charge in [-0.25, -0.2) is 0 Å². The second-order valence-electron chi connectivity index (χ2n) is 7.48. The third-order valence-electron chi connectivity index (χ3n) is 5.84. The lowest BCUT2D eigenvalue weighted by Gasteiger charge is -2.36. The van der Waals surface area contributed by atoms with Crippen molar-refractivity contribution in [1.29, 1.82) is 0 Å². The molecule has 0 bridgehead atoms. The summed E-state index contributed by atoms with van der Waals surface area (Å²) in [5, 5.41) is 6.55. The molecule has 138 valence electrons. The molecule has 2 unspecified atom stereocenters. The van der Waals surface area contributed by atoms with Crippen LogP contribution in [0, 0.1) is 5.92 Å². The van der Waals surface area contributed by atoms with Crippen LogP contribution in [0.15, 0.2) is 30.3 Å². The molecule has 25 heavy (non-hydrogen) atoms. The lowest BCUT2D eigenvalue weighted by Crippen LogP contribution is -2.56. The van der Waals surface area contributed by atoms with Gasteiger partial charge in [0.2, 0.25) is 0 Å². The molecule has 2 N–H and O–H groups in total. The number of rotatable bonds is 6. The number of likely N-dealkylation sites (tertiary alicyclic amines) is 1. The third-order valence-corrected chi connectivity index (χ3v) is 5.84. The lowest BCUT2D eigenvalue weighted by atomic mass is 9.90. The van der Waals surface area contributed by atoms with Crippen molar-refractivity contribution in [2.24, 2.45) is 5.92 Å². The first-order chi connectivity index (χ1) is 12.1. The molecule has 2 fully saturated rings. The summed E-state index contributed by atoms with van der Waals surface area (Å²) >= 11 is 0. The summed E-state index contributed by atoms with van der Waals surface area (Å²) in [5.74, 6) is 0.564. The number of nitrogens with zero attached hydrogens (tertiary/aromatic N) is 1. The van der Waals surface area contributed by atoms with Gasteiger partial charge in [0, 0.05) is 26.2 Å². The minimum atomic E-state index is -0.651. The maximum absolute atomic E-state index is 12.8. The highest BCUT2D eigenvalue weighted by Crippen LogP contribution is 2.25. The first kappa shape index (κ1) is 18.4. The molecule has 2 saturated heterocycles. The van der Waals surface area contributed by atoms with E-state index in [2.05, 4.69) is 52.8 Å². The minimum absolute atomic E-state index is 0.0607. The van der Waals surface area contributed by atoms with Crippen LogP contribution in [0.3, 0.4) is 0 Å². The largest absolute Gasteiger partial charge is 0.368 e. The van der Waals surface area contributed by atoms with Crippen molar-refractivity contribution in [2.75, 3.05) is 33.3 Å². The van der Waals surface area contributed by atoms with Gasteiger partial charge in [0.1, 0.15) is 5.60 Å². The summed E-state index contributed by atoms with van der Waals surface area (Å²) in [6, 6.07) is 10.8. The van der Waals surface area contributed by atoms with Crippen LogP contribution in [0.5, 0.6) is 0 Å². The van der Waals surface area contributed by atoms with Crippen LogP contribution in [0.4, 0.5) is 0 Å². The first-order valence-corrected chi connectivity index (χ1v) is 9.46. The van der Waals surface area contributed by atoms with Crippen molar-refractivity contribution < 1.29 is 9.53 Å². The van der Waals surface area contributed by atoms with E-state index in [1.807, 2.05) is 0 Å². The monoisotopic (exact) mass is 345 g/mol. The van der Waals surface area contributed by atoms with Crippen LogP contribution in [0.1, 0.15) is 31.7 Å². The van der Waals surface area contributed by atoms with Crippen LogP contribution in [-0.4, -0.2) is 55.7 Å². The minimum Gasteiger partial charge on any atom is -0.368 e. The first-order valence-electron chi connectivity index (χ1n) is 9.46. The highest BCUT2D eigenvalue weighted by molar-refractivity contribution is 5.85. The summed E-state index contributed by atoms with van der Waals surface area (Å²) in [7, 11) is 1.66. The number of piperidine rings is 1. The number of amides is 1. The summed E-state index contributed by atoms with van der Waals surface area (Å²) in [6.07, 6.45) is 2.62. The van der Waals surface area contributed by atoms with Crippen molar-refractivity contribution >= 4 is 5.91 Å². The van der Waals surface area contributed by atoms with Gasteiger partial charge in [-0.1, -0.05) is 30.3 Å². The van der Waals surface area contributed by atoms with Crippen LogP contribution in [0.25, 0.3) is 0 Å². The Kier molecular flexibility index (Phi) is 6.10. The normalized spacial score (nSPS) is 24.8. The third kappa shape index (κ3) is 4.40. The highest BCUT2D eigenvalue weighted by atomic mass is 16.5. The van der Waals surface area contributed by atoms with Gasteiger partial charge in [-0.3, -0.25) is 9.69 Å². The molecule has 3 rings (SSSR count). The fourth-order valence-corrected chi connectivity index (χ4v) is 4.07. The van der Waals surface area contributed by atoms with Crippen LogP contribution in [0.2, 0.25) is 0 Å². The molecule has 1 aromatic rings. The summed E-state index contributed by atoms with van der Waals surface area (Å²) < 4.78 is 5.64. The van der Waals surface area contributed by atoms with Crippen molar-refractivity contribution in [3.8, 4) is 0 Å². The molecule has 2 aliphatic heterocycles. The van der Waals surface area contributed by atoms with E-state index >= 15 is 0 Å². The molecule has 0 aliphatic carbocycles. The maximum Gasteiger partial charge on any atom is 0.252 e. The van der Waals surface area contributed by atoms with Crippen molar-refractivity contribution in [2.45, 2.75) is 44.4 Å². The second-order valence-corrected chi connectivity index (χ2v) is 7.48. The molecule has 5 heteroatoms. The van der Waals surface area contributed by atoms with E-state index in [1.165, 1.54) is 5.56 Å². The van der Waals surface area contributed by atoms with E-state index < -0.39 is 5.60 Å². The molecule has 1 aromatic carbocycles. The fraction of sp³-hybridized carbons (Fsp3) is 0.650. The van der Waals surface area contributed by atoms with Gasteiger partial charge in [-0.2, -0.15) is 0 Å². The number of benzene rings is 1. The molecule has 0 saturated carbocycles. The topological polar surface area (TPSA) is 53.6 Å². The second kappa shape index (κ2) is 8.30. The molecule has 5 nitrogen and oxygen atoms in total. The Bertz CT molecular complexity index is 557. The number of hydrogen-bond donors (Lipinski definition) is 2. The average Bonchev–Trinajstić information content (AvgIpc) is 3.11. The van der Waals surface area contributed by atoms with Gasteiger partial charge < -0.3 is 15.4 Å². The predicted molar refractivity (Wildman–Crippen MR) is 99.3 cm³/mol. The molecule has 0 radical (unpaired) electrons. The van der Waals surface area contributed by atoms with Crippen molar-refractivity contribution in [3.63, 3.8) is 0 Å². The van der Waals surface area contributed by atoms with E-state index in [9.17, 15) is 4.79 Å². The van der Waals surface area contributed by atoms with Gasteiger partial charge >= 0.3 is 0 Å². The van der Waals surface area contributed by atoms with Crippen LogP contribution < -0.4 is 10.6 Å². The van der Waals surface area contributed by atoms with Gasteiger partial charge in [0.15, 0.2) is 0 Å². The summed E-state index contributed by atoms with van der Waals surface area (Å²) in [6.45, 7) is 6.94. The molecule has 1 amide bonds. The molecular formula is C20H31N3O2. The number of carbonyl (C=O) groups is 1. The van der Waals surface area contributed by atoms with E-state index in [-0.39, 0.29) is 11.9 Å². The highest BCUT2D eigenvalue weighted by Gasteiger charge is 2.41. The fourth-order valence-electron chi connectivity index (χ4n) is 4.07. The number of nitrogens with one attached hydrogen (secondary N) is 2. The average molecular weight is 345 g/mol. The van der Waals surface area contributed by atoms with Gasteiger partial charge in [0.25, 0.3) is 5.91 Å². The van der Waals surface area contributed by atoms with E-state index in [4.69, 9.17) is 4.74 Å². The Hall–Kier alpha value is -1.43. The maximum atomic E-state index is 12.8. The zero-order valence-corrected chi connectivity index (χ0v) is 15.5. The Morgan fingerprint density at radius 1 is 1.36 bits per heavy atom. The van der Waals surface area contributed by atoms with Gasteiger partial charge in [0.05, 0.1) is 0 Å². The molecular weight excluding hydrogens is 314 g/mol. The smallest absolute Gasteiger partial charge is 0.252 e. The number of carbonyl (C=O) groups excluding carboxylic acids is 1. The molecule has 2 heterocycles. The quantitative estimate of drug-likeness (QED) is 0.825. The van der Waals surface area contributed by atoms with Crippen LogP contribution >= 0.6 is 0 Å². The van der Waals surface area contributed by atoms with E-state index in [0.29, 0.717) is 5.92 Å². The Balaban J connectivity index is 1.51. The zero-order chi connectivity index (χ0) is 17.7. The molecule has 0 aromatic heterocycles.